The van der Waals surface area contributed by atoms with Crippen molar-refractivity contribution in [2.75, 3.05) is 26.7 Å². The van der Waals surface area contributed by atoms with Crippen molar-refractivity contribution < 1.29 is 9.59 Å². The summed E-state index contributed by atoms with van der Waals surface area (Å²) in [6.45, 7) is 1.38. The molecule has 37 heavy (non-hydrogen) atoms. The third-order valence-corrected chi connectivity index (χ3v) is 8.21. The molecule has 10 nitrogen and oxygen atoms in total. The van der Waals surface area contributed by atoms with E-state index in [9.17, 15) is 9.59 Å². The molecule has 1 saturated heterocycles. The lowest BCUT2D eigenvalue weighted by Crippen LogP contribution is -2.51. The summed E-state index contributed by atoms with van der Waals surface area (Å²) < 4.78 is 2.40. The fraction of sp³-hybridized carbons (Fsp3) is 0.400. The molecule has 1 aliphatic carbocycles. The Morgan fingerprint density at radius 1 is 1.19 bits per heavy atom. The van der Waals surface area contributed by atoms with Crippen LogP contribution in [0.25, 0.3) is 27.6 Å². The van der Waals surface area contributed by atoms with Crippen molar-refractivity contribution in [3.8, 4) is 5.69 Å². The topological polar surface area (TPSA) is 110 Å². The molecule has 0 spiro atoms. The summed E-state index contributed by atoms with van der Waals surface area (Å²) in [6, 6.07) is 3.81. The molecule has 6 rings (SSSR count). The fourth-order valence-electron chi connectivity index (χ4n) is 5.26. The molecule has 2 aliphatic rings. The number of likely N-dealkylation sites (N-methyl/N-ethyl adjacent to an activating group) is 1. The Hall–Kier alpha value is -3.18. The van der Waals surface area contributed by atoms with E-state index >= 15 is 0 Å². The molecule has 2 fully saturated rings. The van der Waals surface area contributed by atoms with E-state index in [2.05, 4.69) is 36.0 Å². The second kappa shape index (κ2) is 9.60. The first kappa shape index (κ1) is 24.2. The highest BCUT2D eigenvalue weighted by atomic mass is 79.9. The molecule has 0 radical (unpaired) electrons. The summed E-state index contributed by atoms with van der Waals surface area (Å²) in [6.07, 6.45) is 8.37. The molecule has 0 unspecified atom stereocenters. The minimum Gasteiger partial charge on any atom is -0.342 e. The lowest BCUT2D eigenvalue weighted by molar-refractivity contribution is -0.146. The van der Waals surface area contributed by atoms with Crippen LogP contribution in [0.1, 0.15) is 25.1 Å². The number of piperazine rings is 1. The number of nitrogens with zero attached hydrogens (tertiary/aromatic N) is 8. The maximum absolute atomic E-state index is 13.0. The molecular formula is C25H24BrClN8O2. The molecule has 0 aromatic carbocycles. The average Bonchev–Trinajstić information content (AvgIpc) is 3.49. The van der Waals surface area contributed by atoms with E-state index in [4.69, 9.17) is 16.6 Å². The first-order valence-corrected chi connectivity index (χ1v) is 13.4. The lowest BCUT2D eigenvalue weighted by Gasteiger charge is -2.33. The first-order valence-electron chi connectivity index (χ1n) is 12.2. The van der Waals surface area contributed by atoms with Gasteiger partial charge in [-0.3, -0.25) is 14.6 Å². The molecule has 4 aromatic rings. The van der Waals surface area contributed by atoms with Gasteiger partial charge in [0.05, 0.1) is 23.8 Å². The Labute approximate surface area is 226 Å². The Morgan fingerprint density at radius 3 is 2.89 bits per heavy atom. The maximum atomic E-state index is 13.0. The number of fused-ring (bicyclic) bond motifs is 2. The quantitative estimate of drug-likeness (QED) is 0.339. The van der Waals surface area contributed by atoms with Gasteiger partial charge in [0.15, 0.2) is 10.8 Å². The summed E-state index contributed by atoms with van der Waals surface area (Å²) in [5.74, 6) is 1.08. The molecule has 0 N–H and O–H groups in total. The van der Waals surface area contributed by atoms with Crippen LogP contribution in [0.3, 0.4) is 0 Å². The van der Waals surface area contributed by atoms with Gasteiger partial charge in [0.2, 0.25) is 11.8 Å². The number of carbonyl (C=O) groups is 2. The van der Waals surface area contributed by atoms with Gasteiger partial charge in [0.1, 0.15) is 15.9 Å². The molecule has 1 saturated carbocycles. The number of halogens is 2. The molecular weight excluding hydrogens is 560 g/mol. The van der Waals surface area contributed by atoms with Crippen molar-refractivity contribution in [1.29, 1.82) is 0 Å². The average molecular weight is 584 g/mol. The van der Waals surface area contributed by atoms with Gasteiger partial charge in [-0.2, -0.15) is 5.10 Å². The largest absolute Gasteiger partial charge is 0.342 e. The van der Waals surface area contributed by atoms with Crippen molar-refractivity contribution >= 4 is 61.3 Å². The molecule has 190 valence electrons. The maximum Gasteiger partial charge on any atom is 0.241 e. The number of rotatable bonds is 4. The highest BCUT2D eigenvalue weighted by Crippen LogP contribution is 2.35. The van der Waals surface area contributed by atoms with Crippen LogP contribution in [0.2, 0.25) is 5.15 Å². The third-order valence-electron chi connectivity index (χ3n) is 7.34. The van der Waals surface area contributed by atoms with Crippen LogP contribution < -0.4 is 0 Å². The van der Waals surface area contributed by atoms with Crippen molar-refractivity contribution in [3.05, 3.63) is 46.3 Å². The van der Waals surface area contributed by atoms with E-state index in [1.807, 2.05) is 12.1 Å². The number of aromatic nitrogens is 6. The fourth-order valence-corrected chi connectivity index (χ4v) is 5.91. The van der Waals surface area contributed by atoms with Crippen LogP contribution in [0, 0.1) is 11.8 Å². The van der Waals surface area contributed by atoms with E-state index < -0.39 is 0 Å². The number of amides is 2. The van der Waals surface area contributed by atoms with Gasteiger partial charge >= 0.3 is 0 Å². The predicted molar refractivity (Wildman–Crippen MR) is 141 cm³/mol. The zero-order valence-electron chi connectivity index (χ0n) is 20.1. The number of hydrogen-bond acceptors (Lipinski definition) is 7. The van der Waals surface area contributed by atoms with Gasteiger partial charge in [-0.25, -0.2) is 19.6 Å². The molecule has 4 aromatic heterocycles. The van der Waals surface area contributed by atoms with Crippen LogP contribution in [0.4, 0.5) is 0 Å². The normalized spacial score (nSPS) is 20.4. The van der Waals surface area contributed by atoms with Gasteiger partial charge in [-0.1, -0.05) is 11.6 Å². The zero-order chi connectivity index (χ0) is 25.7. The summed E-state index contributed by atoms with van der Waals surface area (Å²) in [5.41, 5.74) is 2.06. The van der Waals surface area contributed by atoms with Gasteiger partial charge in [0.25, 0.3) is 0 Å². The number of hydrogen-bond donors (Lipinski definition) is 0. The first-order chi connectivity index (χ1) is 17.9. The Morgan fingerprint density at radius 2 is 2.05 bits per heavy atom. The standard InChI is InChI=1S/C25H24BrClN8O2/c1-33-6-7-34(13-20(33)36)25(37)16-3-2-14(8-16)9-19-29-12-18-22(26)32-35(24(18)31-19)17-10-15-4-5-28-23(27)21(15)30-11-17/h4-5,10-12,14,16H,2-3,6-9,13H2,1H3/t14-,16-/m1/s1. The van der Waals surface area contributed by atoms with E-state index in [0.29, 0.717) is 46.3 Å². The highest BCUT2D eigenvalue weighted by Gasteiger charge is 2.35. The van der Waals surface area contributed by atoms with Gasteiger partial charge in [-0.15, -0.1) is 0 Å². The van der Waals surface area contributed by atoms with Crippen LogP contribution in [-0.4, -0.2) is 78.0 Å². The van der Waals surface area contributed by atoms with E-state index in [1.165, 1.54) is 0 Å². The summed E-state index contributed by atoms with van der Waals surface area (Å²) in [7, 11) is 1.78. The highest BCUT2D eigenvalue weighted by molar-refractivity contribution is 9.10. The van der Waals surface area contributed by atoms with E-state index in [1.54, 1.807) is 40.1 Å². The second-order valence-corrected chi connectivity index (χ2v) is 10.9. The second-order valence-electron chi connectivity index (χ2n) is 9.75. The number of pyridine rings is 2. The summed E-state index contributed by atoms with van der Waals surface area (Å²) >= 11 is 9.70. The zero-order valence-corrected chi connectivity index (χ0v) is 22.5. The molecule has 2 atom stereocenters. The predicted octanol–water partition coefficient (Wildman–Crippen LogP) is 3.43. The minimum absolute atomic E-state index is 0.000000355. The Balaban J connectivity index is 1.21. The SMILES string of the molecule is CN1CCN(C(=O)[C@@H]2CC[C@@H](Cc3ncc4c(Br)nn(-c5cnc6c(Cl)nccc6c5)c4n3)C2)CC1=O. The van der Waals surface area contributed by atoms with Crippen molar-refractivity contribution in [2.24, 2.45) is 11.8 Å². The monoisotopic (exact) mass is 582 g/mol. The van der Waals surface area contributed by atoms with E-state index in [0.717, 1.165) is 41.5 Å². The van der Waals surface area contributed by atoms with Gasteiger partial charge in [-0.05, 0) is 53.2 Å². The van der Waals surface area contributed by atoms with E-state index in [-0.39, 0.29) is 24.3 Å². The van der Waals surface area contributed by atoms with Gasteiger partial charge in [0, 0.05) is 50.3 Å². The molecule has 5 heterocycles. The summed E-state index contributed by atoms with van der Waals surface area (Å²) in [4.78, 5) is 46.5. The van der Waals surface area contributed by atoms with Crippen LogP contribution in [-0.2, 0) is 16.0 Å². The minimum atomic E-state index is -0.0467. The van der Waals surface area contributed by atoms with Gasteiger partial charge < -0.3 is 9.80 Å². The summed E-state index contributed by atoms with van der Waals surface area (Å²) in [5, 5.41) is 6.63. The van der Waals surface area contributed by atoms with Crippen molar-refractivity contribution in [2.45, 2.75) is 25.7 Å². The van der Waals surface area contributed by atoms with Crippen LogP contribution in [0.15, 0.2) is 35.3 Å². The van der Waals surface area contributed by atoms with Crippen molar-refractivity contribution in [1.82, 2.24) is 39.5 Å². The Bertz CT molecular complexity index is 1540. The smallest absolute Gasteiger partial charge is 0.241 e. The lowest BCUT2D eigenvalue weighted by atomic mass is 10.00. The van der Waals surface area contributed by atoms with Crippen molar-refractivity contribution in [3.63, 3.8) is 0 Å². The Kier molecular flexibility index (Phi) is 6.28. The van der Waals surface area contributed by atoms with Crippen LogP contribution >= 0.6 is 27.5 Å². The number of carbonyl (C=O) groups excluding carboxylic acids is 2. The molecule has 2 amide bonds. The third kappa shape index (κ3) is 4.54. The molecule has 0 bridgehead atoms. The molecule has 12 heteroatoms. The van der Waals surface area contributed by atoms with Crippen LogP contribution in [0.5, 0.6) is 0 Å². The molecule has 1 aliphatic heterocycles.